The van der Waals surface area contributed by atoms with Gasteiger partial charge in [-0.3, -0.25) is 0 Å². The van der Waals surface area contributed by atoms with Gasteiger partial charge in [0.2, 0.25) is 10.0 Å². The van der Waals surface area contributed by atoms with Crippen LogP contribution in [0.2, 0.25) is 0 Å². The molecule has 1 atom stereocenters. The maximum absolute atomic E-state index is 12.7. The van der Waals surface area contributed by atoms with Crippen molar-refractivity contribution < 1.29 is 13.2 Å². The second kappa shape index (κ2) is 6.70. The molecular weight excluding hydrogens is 274 g/mol. The Kier molecular flexibility index (Phi) is 5.18. The predicted octanol–water partition coefficient (Wildman–Crippen LogP) is 2.44. The Balaban J connectivity index is 2.21. The largest absolute Gasteiger partial charge is 0.383 e. The Hall–Kier alpha value is -0.910. The molecule has 0 radical (unpaired) electrons. The zero-order chi connectivity index (χ0) is 14.6. The summed E-state index contributed by atoms with van der Waals surface area (Å²) >= 11 is 0. The van der Waals surface area contributed by atoms with Crippen LogP contribution < -0.4 is 0 Å². The highest BCUT2D eigenvalue weighted by molar-refractivity contribution is 7.89. The van der Waals surface area contributed by atoms with Gasteiger partial charge in [-0.05, 0) is 37.0 Å². The van der Waals surface area contributed by atoms with Crippen LogP contribution in [0, 0.1) is 0 Å². The van der Waals surface area contributed by atoms with Crippen molar-refractivity contribution in [2.24, 2.45) is 0 Å². The van der Waals surface area contributed by atoms with E-state index in [1.807, 2.05) is 12.1 Å². The second-order valence-electron chi connectivity index (χ2n) is 5.26. The Morgan fingerprint density at radius 1 is 1.30 bits per heavy atom. The van der Waals surface area contributed by atoms with Crippen molar-refractivity contribution in [1.29, 1.82) is 0 Å². The number of ether oxygens (including phenoxy) is 1. The molecule has 0 aromatic heterocycles. The molecule has 1 saturated heterocycles. The average molecular weight is 297 g/mol. The Morgan fingerprint density at radius 2 is 2.00 bits per heavy atom. The third kappa shape index (κ3) is 3.22. The molecule has 1 unspecified atom stereocenters. The van der Waals surface area contributed by atoms with Crippen molar-refractivity contribution in [3.63, 3.8) is 0 Å². The van der Waals surface area contributed by atoms with E-state index in [9.17, 15) is 8.42 Å². The molecule has 2 rings (SSSR count). The molecule has 1 fully saturated rings. The van der Waals surface area contributed by atoms with Gasteiger partial charge in [-0.1, -0.05) is 25.5 Å². The molecule has 0 spiro atoms. The highest BCUT2D eigenvalue weighted by Crippen LogP contribution is 2.26. The van der Waals surface area contributed by atoms with Crippen LogP contribution in [-0.2, 0) is 21.2 Å². The topological polar surface area (TPSA) is 46.6 Å². The molecule has 1 aromatic carbocycles. The van der Waals surface area contributed by atoms with Crippen LogP contribution >= 0.6 is 0 Å². The van der Waals surface area contributed by atoms with E-state index < -0.39 is 10.0 Å². The predicted molar refractivity (Wildman–Crippen MR) is 79.2 cm³/mol. The second-order valence-corrected chi connectivity index (χ2v) is 7.15. The van der Waals surface area contributed by atoms with E-state index in [-0.39, 0.29) is 6.04 Å². The molecule has 1 aromatic rings. The highest BCUT2D eigenvalue weighted by atomic mass is 32.2. The number of benzene rings is 1. The van der Waals surface area contributed by atoms with Crippen LogP contribution in [0.15, 0.2) is 29.2 Å². The van der Waals surface area contributed by atoms with Gasteiger partial charge in [0, 0.05) is 19.7 Å². The number of aryl methyl sites for hydroxylation is 1. The number of hydrogen-bond acceptors (Lipinski definition) is 3. The van der Waals surface area contributed by atoms with Crippen molar-refractivity contribution in [2.75, 3.05) is 20.3 Å². The van der Waals surface area contributed by atoms with Crippen LogP contribution in [0.3, 0.4) is 0 Å². The van der Waals surface area contributed by atoms with Gasteiger partial charge in [-0.15, -0.1) is 0 Å². The summed E-state index contributed by atoms with van der Waals surface area (Å²) in [6.07, 6.45) is 3.83. The van der Waals surface area contributed by atoms with Gasteiger partial charge in [-0.2, -0.15) is 4.31 Å². The fourth-order valence-electron chi connectivity index (χ4n) is 2.74. The molecule has 1 aliphatic heterocycles. The summed E-state index contributed by atoms with van der Waals surface area (Å²) < 4.78 is 32.0. The summed E-state index contributed by atoms with van der Waals surface area (Å²) in [6, 6.07) is 7.25. The van der Waals surface area contributed by atoms with E-state index >= 15 is 0 Å². The van der Waals surface area contributed by atoms with Crippen LogP contribution in [0.4, 0.5) is 0 Å². The van der Waals surface area contributed by atoms with Crippen molar-refractivity contribution in [2.45, 2.75) is 43.5 Å². The Bertz CT molecular complexity index is 525. The number of nitrogens with zero attached hydrogens (tertiary/aromatic N) is 1. The fraction of sp³-hybridized carbons (Fsp3) is 0.600. The molecule has 4 nitrogen and oxygen atoms in total. The molecule has 5 heteroatoms. The van der Waals surface area contributed by atoms with Crippen LogP contribution in [-0.4, -0.2) is 39.0 Å². The SMILES string of the molecule is CCCc1ccc(S(=O)(=O)N2CCCC2COC)cc1. The van der Waals surface area contributed by atoms with Gasteiger partial charge in [0.1, 0.15) is 0 Å². The summed E-state index contributed by atoms with van der Waals surface area (Å²) in [5.74, 6) is 0. The molecule has 112 valence electrons. The van der Waals surface area contributed by atoms with Crippen LogP contribution in [0.1, 0.15) is 31.7 Å². The molecule has 0 N–H and O–H groups in total. The number of sulfonamides is 1. The standard InChI is InChI=1S/C15H23NO3S/c1-3-5-13-7-9-15(10-8-13)20(17,18)16-11-4-6-14(16)12-19-2/h7-10,14H,3-6,11-12H2,1-2H3. The first-order valence-electron chi connectivity index (χ1n) is 7.19. The van der Waals surface area contributed by atoms with Crippen molar-refractivity contribution in [3.05, 3.63) is 29.8 Å². The minimum absolute atomic E-state index is 0.0275. The monoisotopic (exact) mass is 297 g/mol. The third-order valence-corrected chi connectivity index (χ3v) is 5.72. The minimum atomic E-state index is -3.39. The van der Waals surface area contributed by atoms with E-state index in [0.29, 0.717) is 18.0 Å². The first-order valence-corrected chi connectivity index (χ1v) is 8.63. The van der Waals surface area contributed by atoms with E-state index in [1.165, 1.54) is 5.56 Å². The summed E-state index contributed by atoms with van der Waals surface area (Å²) in [4.78, 5) is 0.389. The number of hydrogen-bond donors (Lipinski definition) is 0. The van der Waals surface area contributed by atoms with Crippen LogP contribution in [0.25, 0.3) is 0 Å². The molecule has 0 aliphatic carbocycles. The fourth-order valence-corrected chi connectivity index (χ4v) is 4.42. The zero-order valence-corrected chi connectivity index (χ0v) is 13.0. The Labute approximate surface area is 121 Å². The smallest absolute Gasteiger partial charge is 0.243 e. The number of rotatable bonds is 6. The van der Waals surface area contributed by atoms with E-state index in [1.54, 1.807) is 23.5 Å². The lowest BCUT2D eigenvalue weighted by Crippen LogP contribution is -2.38. The molecule has 0 amide bonds. The molecule has 20 heavy (non-hydrogen) atoms. The maximum atomic E-state index is 12.7. The molecular formula is C15H23NO3S. The third-order valence-electron chi connectivity index (χ3n) is 3.75. The summed E-state index contributed by atoms with van der Waals surface area (Å²) in [7, 11) is -1.77. The van der Waals surface area contributed by atoms with Gasteiger partial charge >= 0.3 is 0 Å². The van der Waals surface area contributed by atoms with Crippen molar-refractivity contribution >= 4 is 10.0 Å². The molecule has 0 saturated carbocycles. The first kappa shape index (κ1) is 15.5. The van der Waals surface area contributed by atoms with Gasteiger partial charge in [-0.25, -0.2) is 8.42 Å². The van der Waals surface area contributed by atoms with Crippen molar-refractivity contribution in [3.8, 4) is 0 Å². The number of methoxy groups -OCH3 is 1. The van der Waals surface area contributed by atoms with Gasteiger partial charge in [0.15, 0.2) is 0 Å². The average Bonchev–Trinajstić information content (AvgIpc) is 2.89. The lowest BCUT2D eigenvalue weighted by molar-refractivity contribution is 0.149. The van der Waals surface area contributed by atoms with E-state index in [2.05, 4.69) is 6.92 Å². The van der Waals surface area contributed by atoms with Gasteiger partial charge in [0.05, 0.1) is 11.5 Å². The lowest BCUT2D eigenvalue weighted by atomic mass is 10.1. The quantitative estimate of drug-likeness (QED) is 0.810. The molecule has 0 bridgehead atoms. The molecule has 1 heterocycles. The highest BCUT2D eigenvalue weighted by Gasteiger charge is 2.35. The normalized spacial score (nSPS) is 20.4. The zero-order valence-electron chi connectivity index (χ0n) is 12.2. The van der Waals surface area contributed by atoms with Crippen molar-refractivity contribution in [1.82, 2.24) is 4.31 Å². The van der Waals surface area contributed by atoms with Gasteiger partial charge in [0.25, 0.3) is 0 Å². The Morgan fingerprint density at radius 3 is 2.60 bits per heavy atom. The maximum Gasteiger partial charge on any atom is 0.243 e. The summed E-state index contributed by atoms with van der Waals surface area (Å²) in [5.41, 5.74) is 1.18. The van der Waals surface area contributed by atoms with Gasteiger partial charge < -0.3 is 4.74 Å². The molecule has 1 aliphatic rings. The van der Waals surface area contributed by atoms with E-state index in [4.69, 9.17) is 4.74 Å². The summed E-state index contributed by atoms with van der Waals surface area (Å²) in [5, 5.41) is 0. The minimum Gasteiger partial charge on any atom is -0.383 e. The first-order chi connectivity index (χ1) is 9.59. The van der Waals surface area contributed by atoms with E-state index in [0.717, 1.165) is 25.7 Å². The summed E-state index contributed by atoms with van der Waals surface area (Å²) in [6.45, 7) is 3.17. The lowest BCUT2D eigenvalue weighted by Gasteiger charge is -2.23. The van der Waals surface area contributed by atoms with Crippen LogP contribution in [0.5, 0.6) is 0 Å².